The lowest BCUT2D eigenvalue weighted by atomic mass is 10.1. The van der Waals surface area contributed by atoms with Gasteiger partial charge in [-0.3, -0.25) is 0 Å². The molecule has 0 spiro atoms. The number of methoxy groups -OCH3 is 1. The predicted octanol–water partition coefficient (Wildman–Crippen LogP) is 6.57. The van der Waals surface area contributed by atoms with Gasteiger partial charge in [-0.1, -0.05) is 17.7 Å². The lowest BCUT2D eigenvalue weighted by Gasteiger charge is -2.12. The van der Waals surface area contributed by atoms with Crippen molar-refractivity contribution in [3.63, 3.8) is 0 Å². The number of aryl methyl sites for hydroxylation is 3. The summed E-state index contributed by atoms with van der Waals surface area (Å²) in [5.41, 5.74) is 1.53. The van der Waals surface area contributed by atoms with Crippen LogP contribution in [-0.2, 0) is 24.9 Å². The molecule has 0 aliphatic rings. The molecule has 1 aromatic carbocycles. The van der Waals surface area contributed by atoms with Gasteiger partial charge >= 0.3 is 6.18 Å². The summed E-state index contributed by atoms with van der Waals surface area (Å²) < 4.78 is 49.0. The minimum absolute atomic E-state index is 0.0351. The Balaban J connectivity index is 1.66. The van der Waals surface area contributed by atoms with E-state index in [0.717, 1.165) is 36.4 Å². The summed E-state index contributed by atoms with van der Waals surface area (Å²) in [6, 6.07) is 7.45. The molecule has 0 saturated carbocycles. The maximum absolute atomic E-state index is 12.7. The van der Waals surface area contributed by atoms with Crippen LogP contribution in [0, 0.1) is 6.92 Å². The number of benzene rings is 1. The lowest BCUT2D eigenvalue weighted by Crippen LogP contribution is -2.05. The normalized spacial score (nSPS) is 11.5. The van der Waals surface area contributed by atoms with Crippen LogP contribution < -0.4 is 9.47 Å². The first-order chi connectivity index (χ1) is 15.2. The number of halogens is 5. The number of hydrogen-bond donors (Lipinski definition) is 0. The van der Waals surface area contributed by atoms with Crippen molar-refractivity contribution in [2.75, 3.05) is 7.11 Å². The highest BCUT2D eigenvalue weighted by atomic mass is 35.5. The van der Waals surface area contributed by atoms with Crippen LogP contribution in [0.15, 0.2) is 36.5 Å². The van der Waals surface area contributed by atoms with E-state index in [2.05, 4.69) is 15.0 Å². The highest BCUT2D eigenvalue weighted by Gasteiger charge is 2.30. The summed E-state index contributed by atoms with van der Waals surface area (Å²) in [6.07, 6.45) is -1.56. The van der Waals surface area contributed by atoms with Crippen molar-refractivity contribution >= 4 is 23.2 Å². The van der Waals surface area contributed by atoms with Crippen molar-refractivity contribution < 1.29 is 22.6 Å². The highest BCUT2D eigenvalue weighted by Crippen LogP contribution is 2.34. The van der Waals surface area contributed by atoms with Gasteiger partial charge in [0.15, 0.2) is 11.5 Å². The minimum atomic E-state index is -4.45. The van der Waals surface area contributed by atoms with Gasteiger partial charge < -0.3 is 9.47 Å². The number of rotatable bonds is 8. The number of pyridine rings is 1. The zero-order chi connectivity index (χ0) is 23.3. The lowest BCUT2D eigenvalue weighted by molar-refractivity contribution is -0.137. The van der Waals surface area contributed by atoms with Gasteiger partial charge in [-0.05, 0) is 49.9 Å². The van der Waals surface area contributed by atoms with Crippen molar-refractivity contribution in [3.05, 3.63) is 69.9 Å². The van der Waals surface area contributed by atoms with Gasteiger partial charge in [0, 0.05) is 12.3 Å². The number of aromatic nitrogens is 3. The Morgan fingerprint density at radius 3 is 2.38 bits per heavy atom. The van der Waals surface area contributed by atoms with E-state index in [-0.39, 0.29) is 11.8 Å². The third kappa shape index (κ3) is 6.01. The van der Waals surface area contributed by atoms with Crippen LogP contribution in [-0.4, -0.2) is 22.1 Å². The zero-order valence-corrected chi connectivity index (χ0v) is 18.9. The van der Waals surface area contributed by atoms with E-state index >= 15 is 0 Å². The Bertz CT molecular complexity index is 1080. The van der Waals surface area contributed by atoms with Crippen LogP contribution in [0.5, 0.6) is 17.4 Å². The molecule has 3 aromatic rings. The van der Waals surface area contributed by atoms with E-state index in [9.17, 15) is 13.2 Å². The maximum Gasteiger partial charge on any atom is 0.417 e. The van der Waals surface area contributed by atoms with Crippen LogP contribution in [0.2, 0.25) is 5.02 Å². The summed E-state index contributed by atoms with van der Waals surface area (Å²) in [4.78, 5) is 12.4. The first kappa shape index (κ1) is 24.1. The number of alkyl halides is 4. The van der Waals surface area contributed by atoms with Crippen LogP contribution >= 0.6 is 23.2 Å². The maximum atomic E-state index is 12.7. The molecule has 170 valence electrons. The van der Waals surface area contributed by atoms with Gasteiger partial charge in [-0.15, -0.1) is 11.6 Å². The summed E-state index contributed by atoms with van der Waals surface area (Å²) in [5.74, 6) is 1.68. The van der Waals surface area contributed by atoms with E-state index in [4.69, 9.17) is 32.7 Å². The number of hydrogen-bond acceptors (Lipinski definition) is 5. The van der Waals surface area contributed by atoms with Crippen LogP contribution in [0.3, 0.4) is 0 Å². The van der Waals surface area contributed by atoms with Gasteiger partial charge in [0.25, 0.3) is 0 Å². The molecular formula is C22H20Cl2F3N3O2. The molecule has 0 N–H and O–H groups in total. The second-order valence-electron chi connectivity index (χ2n) is 6.94. The average Bonchev–Trinajstić information content (AvgIpc) is 2.76. The van der Waals surface area contributed by atoms with Crippen molar-refractivity contribution in [2.24, 2.45) is 0 Å². The largest absolute Gasteiger partial charge is 0.493 e. The topological polar surface area (TPSA) is 57.1 Å². The molecule has 0 amide bonds. The Kier molecular flexibility index (Phi) is 7.79. The van der Waals surface area contributed by atoms with Crippen molar-refractivity contribution in [2.45, 2.75) is 38.2 Å². The number of nitrogens with zero attached hydrogens (tertiary/aromatic N) is 3. The van der Waals surface area contributed by atoms with Crippen LogP contribution in [0.4, 0.5) is 13.2 Å². The summed E-state index contributed by atoms with van der Waals surface area (Å²) in [7, 11) is 1.49. The van der Waals surface area contributed by atoms with Crippen molar-refractivity contribution in [3.8, 4) is 17.4 Å². The third-order valence-electron chi connectivity index (χ3n) is 4.61. The standard InChI is InChI=1S/C22H20Cl2F3N3O2/c1-13-29-16(21(24)17(11-23)30-13)5-3-4-14-6-8-18(19(10-14)31-2)32-20-9-7-15(12-28-20)22(25,26)27/h6-10,12H,3-5,11H2,1-2H3. The predicted molar refractivity (Wildman–Crippen MR) is 116 cm³/mol. The Hall–Kier alpha value is -2.58. The smallest absolute Gasteiger partial charge is 0.417 e. The van der Waals surface area contributed by atoms with Crippen LogP contribution in [0.25, 0.3) is 0 Å². The van der Waals surface area contributed by atoms with Crippen molar-refractivity contribution in [1.82, 2.24) is 15.0 Å². The molecule has 2 aromatic heterocycles. The molecule has 3 rings (SSSR count). The van der Waals surface area contributed by atoms with Gasteiger partial charge in [-0.2, -0.15) is 13.2 Å². The molecular weight excluding hydrogens is 466 g/mol. The highest BCUT2D eigenvalue weighted by molar-refractivity contribution is 6.32. The second kappa shape index (κ2) is 10.4. The van der Waals surface area contributed by atoms with E-state index in [0.29, 0.717) is 34.5 Å². The summed E-state index contributed by atoms with van der Waals surface area (Å²) in [5, 5.41) is 0.496. The summed E-state index contributed by atoms with van der Waals surface area (Å²) >= 11 is 12.2. The fraction of sp³-hybridized carbons (Fsp3) is 0.318. The average molecular weight is 486 g/mol. The molecule has 0 saturated heterocycles. The first-order valence-corrected chi connectivity index (χ1v) is 10.6. The Labute approximate surface area is 193 Å². The molecule has 0 bridgehead atoms. The fourth-order valence-electron chi connectivity index (χ4n) is 3.07. The molecule has 0 atom stereocenters. The van der Waals surface area contributed by atoms with Gasteiger partial charge in [0.1, 0.15) is 5.82 Å². The molecule has 5 nitrogen and oxygen atoms in total. The van der Waals surface area contributed by atoms with Gasteiger partial charge in [0.05, 0.1) is 35.0 Å². The van der Waals surface area contributed by atoms with E-state index in [1.54, 1.807) is 13.0 Å². The Morgan fingerprint density at radius 2 is 1.75 bits per heavy atom. The monoisotopic (exact) mass is 485 g/mol. The van der Waals surface area contributed by atoms with Gasteiger partial charge in [0.2, 0.25) is 5.88 Å². The SMILES string of the molecule is COc1cc(CCCc2nc(C)nc(CCl)c2Cl)ccc1Oc1ccc(C(F)(F)F)cn1. The summed E-state index contributed by atoms with van der Waals surface area (Å²) in [6.45, 7) is 1.80. The molecule has 10 heteroatoms. The minimum Gasteiger partial charge on any atom is -0.493 e. The third-order valence-corrected chi connectivity index (χ3v) is 5.30. The van der Waals surface area contributed by atoms with Gasteiger partial charge in [-0.25, -0.2) is 15.0 Å². The molecule has 0 fully saturated rings. The van der Waals surface area contributed by atoms with E-state index in [1.165, 1.54) is 13.2 Å². The fourth-order valence-corrected chi connectivity index (χ4v) is 3.57. The molecule has 0 aliphatic carbocycles. The number of ether oxygens (including phenoxy) is 2. The quantitative estimate of drug-likeness (QED) is 0.337. The molecule has 0 aliphatic heterocycles. The van der Waals surface area contributed by atoms with E-state index in [1.807, 2.05) is 12.1 Å². The zero-order valence-electron chi connectivity index (χ0n) is 17.3. The van der Waals surface area contributed by atoms with Crippen LogP contribution in [0.1, 0.15) is 34.8 Å². The molecule has 0 radical (unpaired) electrons. The van der Waals surface area contributed by atoms with Crippen molar-refractivity contribution in [1.29, 1.82) is 0 Å². The first-order valence-electron chi connectivity index (χ1n) is 9.67. The Morgan fingerprint density at radius 1 is 1.00 bits per heavy atom. The molecule has 2 heterocycles. The van der Waals surface area contributed by atoms with E-state index < -0.39 is 11.7 Å². The second-order valence-corrected chi connectivity index (χ2v) is 7.58. The molecule has 0 unspecified atom stereocenters. The molecule has 32 heavy (non-hydrogen) atoms.